The Morgan fingerprint density at radius 3 is 2.74 bits per heavy atom. The molecule has 1 fully saturated rings. The number of aromatic amines is 1. The van der Waals surface area contributed by atoms with Crippen LogP contribution in [-0.2, 0) is 17.2 Å². The molecule has 34 heavy (non-hydrogen) atoms. The van der Waals surface area contributed by atoms with Gasteiger partial charge in [-0.1, -0.05) is 6.07 Å². The normalized spacial score (nSPS) is 18.4. The Bertz CT molecular complexity index is 1420. The van der Waals surface area contributed by atoms with Gasteiger partial charge in [0.1, 0.15) is 16.5 Å². The molecule has 2 aliphatic heterocycles. The van der Waals surface area contributed by atoms with E-state index in [9.17, 15) is 13.0 Å². The Hall–Kier alpha value is -3.40. The molecule has 0 spiro atoms. The maximum Gasteiger partial charge on any atom is 0.240 e. The lowest BCUT2D eigenvalue weighted by Crippen LogP contribution is -2.35. The fraction of sp³-hybridized carbons (Fsp3) is 0.292. The zero-order valence-corrected chi connectivity index (χ0v) is 19.0. The number of aromatic nitrogens is 3. The highest BCUT2D eigenvalue weighted by molar-refractivity contribution is 7.85. The molecule has 10 heteroatoms. The lowest BCUT2D eigenvalue weighted by atomic mass is 9.92. The predicted octanol–water partition coefficient (Wildman–Crippen LogP) is 4.11. The van der Waals surface area contributed by atoms with E-state index in [2.05, 4.69) is 15.4 Å². The van der Waals surface area contributed by atoms with Crippen molar-refractivity contribution in [1.82, 2.24) is 9.97 Å². The van der Waals surface area contributed by atoms with Crippen molar-refractivity contribution < 1.29 is 22.7 Å². The van der Waals surface area contributed by atoms with E-state index >= 15 is 0 Å². The highest BCUT2D eigenvalue weighted by Crippen LogP contribution is 2.35. The molecular formula is C24H22F2N5O2S+. The van der Waals surface area contributed by atoms with Crippen LogP contribution in [0.4, 0.5) is 26.2 Å². The number of nitrogens with zero attached hydrogens (tertiary/aromatic N) is 3. The standard InChI is InChI=1S/C24H21F2N5O2S/c25-15-2-1-3-17(12-15)27-23-22-19(8-11-34(22)32)28-24(29-23)31-9-6-14(7-10-31)21-18-13-16(26)4-5-20(18)33-30-21/h1-5,12-14H,6-11H2,(H,27,28,29)/p+1. The fourth-order valence-corrected chi connectivity index (χ4v) is 6.06. The molecule has 7 nitrogen and oxygen atoms in total. The van der Waals surface area contributed by atoms with Crippen LogP contribution in [0.25, 0.3) is 11.0 Å². The predicted molar refractivity (Wildman–Crippen MR) is 124 cm³/mol. The molecule has 0 radical (unpaired) electrons. The van der Waals surface area contributed by atoms with E-state index in [1.807, 2.05) is 0 Å². The van der Waals surface area contributed by atoms with Crippen LogP contribution in [0.3, 0.4) is 0 Å². The number of fused-ring (bicyclic) bond motifs is 2. The molecule has 0 amide bonds. The van der Waals surface area contributed by atoms with Gasteiger partial charge in [0.2, 0.25) is 17.2 Å². The van der Waals surface area contributed by atoms with Crippen LogP contribution in [0.2, 0.25) is 0 Å². The van der Waals surface area contributed by atoms with Gasteiger partial charge in [0.05, 0.1) is 27.8 Å². The summed E-state index contributed by atoms with van der Waals surface area (Å²) in [5.41, 5.74) is 2.87. The van der Waals surface area contributed by atoms with Crippen LogP contribution in [0, 0.1) is 11.6 Å². The minimum atomic E-state index is -1.19. The molecule has 4 aromatic rings. The maximum atomic E-state index is 13.8. The first-order valence-corrected chi connectivity index (χ1v) is 12.5. The summed E-state index contributed by atoms with van der Waals surface area (Å²) < 4.78 is 45.6. The van der Waals surface area contributed by atoms with Crippen LogP contribution in [0.5, 0.6) is 0 Å². The molecule has 1 unspecified atom stereocenters. The minimum Gasteiger partial charge on any atom is -0.341 e. The van der Waals surface area contributed by atoms with Gasteiger partial charge in [-0.15, -0.1) is 0 Å². The summed E-state index contributed by atoms with van der Waals surface area (Å²) in [4.78, 5) is 12.1. The first-order valence-electron chi connectivity index (χ1n) is 11.2. The molecule has 2 aromatic heterocycles. The number of hydrogen-bond acceptors (Lipinski definition) is 6. The van der Waals surface area contributed by atoms with Crippen molar-refractivity contribution in [3.8, 4) is 0 Å². The van der Waals surface area contributed by atoms with Crippen molar-refractivity contribution in [2.24, 2.45) is 0 Å². The second kappa shape index (κ2) is 8.43. The number of anilines is 3. The lowest BCUT2D eigenvalue weighted by molar-refractivity contribution is -0.611. The van der Waals surface area contributed by atoms with Crippen LogP contribution in [-0.4, -0.2) is 33.0 Å². The number of hydrogen-bond donors (Lipinski definition) is 1. The molecule has 6 rings (SSSR count). The molecule has 0 saturated carbocycles. The van der Waals surface area contributed by atoms with Crippen molar-refractivity contribution in [3.05, 3.63) is 65.5 Å². The summed E-state index contributed by atoms with van der Waals surface area (Å²) in [5, 5.41) is 6.90. The topological polar surface area (TPSA) is 85.4 Å². The number of piperidine rings is 1. The maximum absolute atomic E-state index is 13.8. The Kier molecular flexibility index (Phi) is 5.24. The fourth-order valence-electron chi connectivity index (χ4n) is 4.75. The molecule has 2 aliphatic rings. The van der Waals surface area contributed by atoms with Crippen LogP contribution < -0.4 is 15.4 Å². The number of rotatable bonds is 4. The van der Waals surface area contributed by atoms with Gasteiger partial charge in [-0.2, -0.15) is 4.98 Å². The van der Waals surface area contributed by atoms with Crippen molar-refractivity contribution in [2.75, 3.05) is 29.1 Å². The summed E-state index contributed by atoms with van der Waals surface area (Å²) in [7, 11) is -1.19. The molecule has 2 aromatic carbocycles. The Morgan fingerprint density at radius 1 is 1.09 bits per heavy atom. The van der Waals surface area contributed by atoms with Gasteiger partial charge in [0, 0.05) is 31.0 Å². The average molecular weight is 483 g/mol. The van der Waals surface area contributed by atoms with Crippen LogP contribution in [0.15, 0.2) is 51.9 Å². The summed E-state index contributed by atoms with van der Waals surface area (Å²) in [6.07, 6.45) is 2.26. The van der Waals surface area contributed by atoms with E-state index in [0.717, 1.165) is 29.6 Å². The number of H-pyrrole nitrogens is 1. The molecule has 1 atom stereocenters. The molecule has 0 bridgehead atoms. The molecular weight excluding hydrogens is 460 g/mol. The first-order chi connectivity index (χ1) is 16.5. The van der Waals surface area contributed by atoms with E-state index in [1.165, 1.54) is 24.3 Å². The van der Waals surface area contributed by atoms with E-state index in [1.54, 1.807) is 18.2 Å². The smallest absolute Gasteiger partial charge is 0.240 e. The summed E-state index contributed by atoms with van der Waals surface area (Å²) in [6, 6.07) is 10.6. The van der Waals surface area contributed by atoms with Crippen LogP contribution >= 0.6 is 0 Å². The van der Waals surface area contributed by atoms with Gasteiger partial charge in [-0.25, -0.2) is 18.3 Å². The Morgan fingerprint density at radius 2 is 1.91 bits per heavy atom. The van der Waals surface area contributed by atoms with Gasteiger partial charge >= 0.3 is 0 Å². The highest BCUT2D eigenvalue weighted by Gasteiger charge is 2.32. The summed E-state index contributed by atoms with van der Waals surface area (Å²) in [5.74, 6) is 1.10. The van der Waals surface area contributed by atoms with Crippen molar-refractivity contribution in [3.63, 3.8) is 0 Å². The minimum absolute atomic E-state index is 0.200. The zero-order valence-electron chi connectivity index (χ0n) is 18.2. The van der Waals surface area contributed by atoms with Gasteiger partial charge in [0.25, 0.3) is 0 Å². The molecule has 4 heterocycles. The molecule has 2 N–H and O–H groups in total. The number of benzene rings is 2. The third kappa shape index (κ3) is 3.81. The second-order valence-electron chi connectivity index (χ2n) is 8.60. The van der Waals surface area contributed by atoms with Crippen molar-refractivity contribution in [2.45, 2.75) is 30.1 Å². The first kappa shape index (κ1) is 21.2. The number of halogens is 2. The quantitative estimate of drug-likeness (QED) is 0.471. The summed E-state index contributed by atoms with van der Waals surface area (Å²) in [6.45, 7) is 1.42. The molecule has 174 valence electrons. The van der Waals surface area contributed by atoms with Crippen molar-refractivity contribution >= 4 is 39.2 Å². The van der Waals surface area contributed by atoms with Crippen LogP contribution in [0.1, 0.15) is 30.1 Å². The monoisotopic (exact) mass is 482 g/mol. The number of nitrogens with one attached hydrogen (secondary N) is 2. The summed E-state index contributed by atoms with van der Waals surface area (Å²) >= 11 is 0. The Labute approximate surface area is 196 Å². The van der Waals surface area contributed by atoms with Gasteiger partial charge in [0.15, 0.2) is 5.82 Å². The second-order valence-corrected chi connectivity index (χ2v) is 10.1. The van der Waals surface area contributed by atoms with E-state index in [4.69, 9.17) is 14.5 Å². The van der Waals surface area contributed by atoms with Gasteiger partial charge in [-0.3, -0.25) is 4.21 Å². The van der Waals surface area contributed by atoms with Gasteiger partial charge < -0.3 is 10.2 Å². The van der Waals surface area contributed by atoms with E-state index < -0.39 is 10.8 Å². The Balaban J connectivity index is 1.26. The van der Waals surface area contributed by atoms with Crippen molar-refractivity contribution in [1.29, 1.82) is 0 Å². The van der Waals surface area contributed by atoms with E-state index in [0.29, 0.717) is 53.2 Å². The lowest BCUT2D eigenvalue weighted by Gasteiger charge is -2.30. The van der Waals surface area contributed by atoms with E-state index in [-0.39, 0.29) is 17.6 Å². The number of aryl methyl sites for hydroxylation is 1. The third-order valence-corrected chi connectivity index (χ3v) is 7.91. The zero-order chi connectivity index (χ0) is 23.2. The third-order valence-electron chi connectivity index (χ3n) is 6.45. The SMILES string of the molecule is O=S1CCc2nc(N3CCC(c4[nH+]oc5ccc(F)cc45)CC3)nc(Nc3cccc(F)c3)c21. The molecule has 1 saturated heterocycles. The van der Waals surface area contributed by atoms with Gasteiger partial charge in [-0.05, 0) is 54.4 Å². The largest absolute Gasteiger partial charge is 0.341 e. The molecule has 0 aliphatic carbocycles. The highest BCUT2D eigenvalue weighted by atomic mass is 32.2. The average Bonchev–Trinajstić information content (AvgIpc) is 3.42.